The molecule has 0 saturated heterocycles. The first-order valence-corrected chi connectivity index (χ1v) is 7.29. The van der Waals surface area contributed by atoms with Crippen LogP contribution in [0.4, 0.5) is 5.69 Å². The molecule has 3 heterocycles. The molecule has 1 aromatic carbocycles. The minimum atomic E-state index is -0.544. The zero-order chi connectivity index (χ0) is 15.4. The summed E-state index contributed by atoms with van der Waals surface area (Å²) in [6.07, 6.45) is 0.996. The Bertz CT molecular complexity index is 1030. The lowest BCUT2D eigenvalue weighted by Crippen LogP contribution is -2.30. The van der Waals surface area contributed by atoms with Gasteiger partial charge in [0.2, 0.25) is 4.96 Å². The number of aromatic nitrogens is 3. The lowest BCUT2D eigenvalue weighted by Gasteiger charge is -2.15. The second-order valence-electron chi connectivity index (χ2n) is 4.47. The van der Waals surface area contributed by atoms with Crippen LogP contribution >= 0.6 is 22.9 Å². The van der Waals surface area contributed by atoms with Gasteiger partial charge in [0.25, 0.3) is 17.4 Å². The van der Waals surface area contributed by atoms with Gasteiger partial charge in [-0.15, -0.1) is 0 Å². The van der Waals surface area contributed by atoms with Crippen LogP contribution in [0, 0.1) is 0 Å². The van der Waals surface area contributed by atoms with E-state index in [2.05, 4.69) is 10.1 Å². The largest absolute Gasteiger partial charge is 0.292 e. The molecule has 2 aromatic heterocycles. The molecule has 0 spiro atoms. The van der Waals surface area contributed by atoms with Crippen LogP contribution in [-0.2, 0) is 0 Å². The summed E-state index contributed by atoms with van der Waals surface area (Å²) in [5.41, 5.74) is -0.120. The van der Waals surface area contributed by atoms with E-state index in [0.717, 1.165) is 22.4 Å². The Balaban J connectivity index is 1.95. The maximum atomic E-state index is 12.6. The van der Waals surface area contributed by atoms with E-state index in [1.54, 1.807) is 24.3 Å². The third-order valence-electron chi connectivity index (χ3n) is 3.19. The first-order chi connectivity index (χ1) is 10.6. The number of carbonyl (C=O) groups is 2. The van der Waals surface area contributed by atoms with Gasteiger partial charge in [-0.1, -0.05) is 35.1 Å². The highest BCUT2D eigenvalue weighted by atomic mass is 35.5. The first kappa shape index (κ1) is 13.1. The van der Waals surface area contributed by atoms with Gasteiger partial charge in [-0.05, 0) is 12.1 Å². The minimum Gasteiger partial charge on any atom is -0.267 e. The maximum absolute atomic E-state index is 12.6. The van der Waals surface area contributed by atoms with E-state index in [-0.39, 0.29) is 15.5 Å². The molecule has 7 nitrogen and oxygen atoms in total. The van der Waals surface area contributed by atoms with Crippen LogP contribution in [0.3, 0.4) is 0 Å². The molecule has 4 rings (SSSR count). The third-order valence-corrected chi connectivity index (χ3v) is 4.53. The predicted octanol–water partition coefficient (Wildman–Crippen LogP) is 1.60. The fourth-order valence-electron chi connectivity index (χ4n) is 2.27. The molecular formula is C13H5ClN4O3S. The predicted molar refractivity (Wildman–Crippen MR) is 79.7 cm³/mol. The van der Waals surface area contributed by atoms with Gasteiger partial charge in [-0.2, -0.15) is 14.6 Å². The van der Waals surface area contributed by atoms with E-state index in [9.17, 15) is 14.4 Å². The Morgan fingerprint density at radius 1 is 1.09 bits per heavy atom. The van der Waals surface area contributed by atoms with E-state index in [0.29, 0.717) is 10.7 Å². The normalized spacial score (nSPS) is 14.0. The summed E-state index contributed by atoms with van der Waals surface area (Å²) in [5, 5.41) is 4.16. The van der Waals surface area contributed by atoms with Gasteiger partial charge < -0.3 is 0 Å². The van der Waals surface area contributed by atoms with E-state index < -0.39 is 17.4 Å². The van der Waals surface area contributed by atoms with Crippen molar-refractivity contribution >= 4 is 45.4 Å². The fourth-order valence-corrected chi connectivity index (χ4v) is 3.48. The second-order valence-corrected chi connectivity index (χ2v) is 5.85. The van der Waals surface area contributed by atoms with E-state index in [1.807, 2.05) is 0 Å². The van der Waals surface area contributed by atoms with Crippen molar-refractivity contribution in [1.29, 1.82) is 0 Å². The van der Waals surface area contributed by atoms with E-state index >= 15 is 0 Å². The zero-order valence-corrected chi connectivity index (χ0v) is 12.3. The number of thiazole rings is 1. The van der Waals surface area contributed by atoms with Gasteiger partial charge >= 0.3 is 0 Å². The zero-order valence-electron chi connectivity index (χ0n) is 10.7. The van der Waals surface area contributed by atoms with Gasteiger partial charge in [0.1, 0.15) is 11.1 Å². The van der Waals surface area contributed by atoms with Crippen molar-refractivity contribution in [3.8, 4) is 0 Å². The van der Waals surface area contributed by atoms with Gasteiger partial charge in [-0.3, -0.25) is 14.4 Å². The van der Waals surface area contributed by atoms with Crippen molar-refractivity contribution in [1.82, 2.24) is 14.6 Å². The lowest BCUT2D eigenvalue weighted by atomic mass is 10.3. The number of nitrogens with zero attached hydrogens (tertiary/aromatic N) is 4. The summed E-state index contributed by atoms with van der Waals surface area (Å²) in [6.45, 7) is 0. The highest BCUT2D eigenvalue weighted by molar-refractivity contribution is 7.19. The summed E-state index contributed by atoms with van der Waals surface area (Å²) in [5.74, 6) is -1.05. The molecule has 0 bridgehead atoms. The number of rotatable bonds is 1. The molecule has 9 heteroatoms. The summed E-state index contributed by atoms with van der Waals surface area (Å²) >= 11 is 7.02. The number of halogens is 1. The smallest absolute Gasteiger partial charge is 0.267 e. The number of benzene rings is 1. The number of anilines is 1. The van der Waals surface area contributed by atoms with Crippen molar-refractivity contribution in [3.63, 3.8) is 0 Å². The molecule has 0 unspecified atom stereocenters. The van der Waals surface area contributed by atoms with Crippen molar-refractivity contribution in [2.45, 2.75) is 0 Å². The Hall–Kier alpha value is -2.58. The van der Waals surface area contributed by atoms with Gasteiger partial charge in [0.05, 0.1) is 10.7 Å². The highest BCUT2D eigenvalue weighted by Gasteiger charge is 2.42. The molecule has 0 aliphatic carbocycles. The van der Waals surface area contributed by atoms with Crippen LogP contribution in [0.5, 0.6) is 0 Å². The SMILES string of the molecule is O=C1c2sc3nc(=O)cnn3c2C(=O)N1c1ccccc1Cl. The summed E-state index contributed by atoms with van der Waals surface area (Å²) in [4.78, 5) is 41.5. The number of amides is 2. The molecule has 0 radical (unpaired) electrons. The van der Waals surface area contributed by atoms with Gasteiger partial charge in [0, 0.05) is 0 Å². The number of carbonyl (C=O) groups excluding carboxylic acids is 2. The van der Waals surface area contributed by atoms with Crippen molar-refractivity contribution in [3.05, 3.63) is 56.4 Å². The second kappa shape index (κ2) is 4.46. The Kier molecular flexibility index (Phi) is 2.65. The first-order valence-electron chi connectivity index (χ1n) is 6.10. The Labute approximate surface area is 131 Å². The highest BCUT2D eigenvalue weighted by Crippen LogP contribution is 2.35. The number of hydrogen-bond acceptors (Lipinski definition) is 6. The Morgan fingerprint density at radius 2 is 1.86 bits per heavy atom. The number of hydrogen-bond donors (Lipinski definition) is 0. The van der Waals surface area contributed by atoms with Gasteiger partial charge in [-0.25, -0.2) is 4.90 Å². The average molecular weight is 333 g/mol. The molecule has 1 aliphatic rings. The van der Waals surface area contributed by atoms with Crippen LogP contribution in [0.25, 0.3) is 4.96 Å². The molecule has 0 saturated carbocycles. The standard InChI is InChI=1S/C13H5ClN4O3S/c14-6-3-1-2-4-7(6)17-11(20)9-10(12(17)21)22-13-16-8(19)5-15-18(9)13/h1-5H. The number of fused-ring (bicyclic) bond motifs is 3. The third kappa shape index (κ3) is 1.65. The summed E-state index contributed by atoms with van der Waals surface area (Å²) in [6, 6.07) is 6.57. The maximum Gasteiger partial charge on any atom is 0.292 e. The average Bonchev–Trinajstić information content (AvgIpc) is 2.97. The van der Waals surface area contributed by atoms with Crippen LogP contribution in [0.15, 0.2) is 35.3 Å². The van der Waals surface area contributed by atoms with Crippen molar-refractivity contribution in [2.24, 2.45) is 0 Å². The van der Waals surface area contributed by atoms with Crippen LogP contribution in [0.2, 0.25) is 5.02 Å². The van der Waals surface area contributed by atoms with Crippen molar-refractivity contribution in [2.75, 3.05) is 4.90 Å². The van der Waals surface area contributed by atoms with Crippen LogP contribution in [-0.4, -0.2) is 26.4 Å². The minimum absolute atomic E-state index is 0.0948. The monoisotopic (exact) mass is 332 g/mol. The summed E-state index contributed by atoms with van der Waals surface area (Å²) in [7, 11) is 0. The van der Waals surface area contributed by atoms with Crippen molar-refractivity contribution < 1.29 is 9.59 Å². The Morgan fingerprint density at radius 3 is 2.64 bits per heavy atom. The molecule has 108 valence electrons. The quantitative estimate of drug-likeness (QED) is 0.632. The van der Waals surface area contributed by atoms with Crippen LogP contribution < -0.4 is 10.5 Å². The fraction of sp³-hybridized carbons (Fsp3) is 0. The topological polar surface area (TPSA) is 84.6 Å². The molecule has 1 aliphatic heterocycles. The van der Waals surface area contributed by atoms with Crippen LogP contribution in [0.1, 0.15) is 20.2 Å². The lowest BCUT2D eigenvalue weighted by molar-refractivity contribution is 0.0924. The number of para-hydroxylation sites is 1. The molecule has 22 heavy (non-hydrogen) atoms. The number of imide groups is 1. The van der Waals surface area contributed by atoms with Gasteiger partial charge in [0.15, 0.2) is 5.69 Å². The van der Waals surface area contributed by atoms with E-state index in [1.165, 1.54) is 4.52 Å². The molecule has 2 amide bonds. The molecule has 0 fully saturated rings. The molecule has 0 atom stereocenters. The molecule has 3 aromatic rings. The summed E-state index contributed by atoms with van der Waals surface area (Å²) < 4.78 is 1.21. The molecular weight excluding hydrogens is 328 g/mol. The molecule has 0 N–H and O–H groups in total. The van der Waals surface area contributed by atoms with E-state index in [4.69, 9.17) is 11.6 Å².